The first-order valence-corrected chi connectivity index (χ1v) is 8.38. The summed E-state index contributed by atoms with van der Waals surface area (Å²) in [5, 5.41) is 5.30. The van der Waals surface area contributed by atoms with E-state index in [2.05, 4.69) is 10.6 Å². The van der Waals surface area contributed by atoms with Gasteiger partial charge < -0.3 is 10.6 Å². The van der Waals surface area contributed by atoms with Crippen molar-refractivity contribution >= 4 is 21.4 Å². The third-order valence-electron chi connectivity index (χ3n) is 2.91. The Hall–Kier alpha value is -1.40. The van der Waals surface area contributed by atoms with Crippen LogP contribution < -0.4 is 10.6 Å². The number of rotatable bonds is 7. The summed E-state index contributed by atoms with van der Waals surface area (Å²) in [4.78, 5) is 11.8. The summed E-state index contributed by atoms with van der Waals surface area (Å²) < 4.78 is 23.4. The standard InChI is InChI=1S/C14H22N2O3S/c1-4-15-9-12-7-5-6-8-13(12)16-14(17)10-20(18,19)11(2)3/h5-8,11,15H,4,9-10H2,1-3H3,(H,16,17). The van der Waals surface area contributed by atoms with Crippen LogP contribution in [-0.2, 0) is 21.2 Å². The number of amides is 1. The lowest BCUT2D eigenvalue weighted by molar-refractivity contribution is -0.113. The summed E-state index contributed by atoms with van der Waals surface area (Å²) in [6, 6.07) is 7.36. The van der Waals surface area contributed by atoms with Crippen LogP contribution in [0.15, 0.2) is 24.3 Å². The predicted octanol–water partition coefficient (Wildman–Crippen LogP) is 1.56. The molecule has 1 aromatic carbocycles. The summed E-state index contributed by atoms with van der Waals surface area (Å²) >= 11 is 0. The monoisotopic (exact) mass is 298 g/mol. The Bertz CT molecular complexity index is 553. The van der Waals surface area contributed by atoms with Gasteiger partial charge in [0, 0.05) is 12.2 Å². The van der Waals surface area contributed by atoms with E-state index in [1.165, 1.54) is 0 Å². The fourth-order valence-electron chi connectivity index (χ4n) is 1.59. The predicted molar refractivity (Wildman–Crippen MR) is 81.4 cm³/mol. The molecule has 5 nitrogen and oxygen atoms in total. The zero-order valence-corrected chi connectivity index (χ0v) is 13.0. The molecule has 1 aromatic rings. The van der Waals surface area contributed by atoms with Crippen molar-refractivity contribution < 1.29 is 13.2 Å². The Morgan fingerprint density at radius 1 is 1.25 bits per heavy atom. The molecule has 0 aliphatic heterocycles. The lowest BCUT2D eigenvalue weighted by atomic mass is 10.1. The molecule has 112 valence electrons. The van der Waals surface area contributed by atoms with Crippen molar-refractivity contribution in [3.8, 4) is 0 Å². The third kappa shape index (κ3) is 4.94. The van der Waals surface area contributed by atoms with Crippen molar-refractivity contribution in [2.75, 3.05) is 17.6 Å². The summed E-state index contributed by atoms with van der Waals surface area (Å²) in [7, 11) is -3.37. The summed E-state index contributed by atoms with van der Waals surface area (Å²) in [6.07, 6.45) is 0. The molecule has 0 spiro atoms. The molecule has 0 radical (unpaired) electrons. The number of benzene rings is 1. The molecular formula is C14H22N2O3S. The number of carbonyl (C=O) groups is 1. The van der Waals surface area contributed by atoms with Crippen molar-refractivity contribution in [1.29, 1.82) is 0 Å². The van der Waals surface area contributed by atoms with Crippen LogP contribution in [0.5, 0.6) is 0 Å². The molecule has 0 aromatic heterocycles. The molecule has 0 aliphatic carbocycles. The number of nitrogens with one attached hydrogen (secondary N) is 2. The number of anilines is 1. The summed E-state index contributed by atoms with van der Waals surface area (Å²) in [5.74, 6) is -0.983. The molecule has 20 heavy (non-hydrogen) atoms. The zero-order valence-electron chi connectivity index (χ0n) is 12.1. The average molecular weight is 298 g/mol. The van der Waals surface area contributed by atoms with Crippen LogP contribution in [0.25, 0.3) is 0 Å². The van der Waals surface area contributed by atoms with Gasteiger partial charge in [-0.1, -0.05) is 25.1 Å². The van der Waals surface area contributed by atoms with E-state index in [1.807, 2.05) is 25.1 Å². The molecule has 0 aliphatic rings. The van der Waals surface area contributed by atoms with E-state index in [9.17, 15) is 13.2 Å². The smallest absolute Gasteiger partial charge is 0.239 e. The van der Waals surface area contributed by atoms with Gasteiger partial charge in [0.2, 0.25) is 5.91 Å². The first kappa shape index (κ1) is 16.7. The van der Waals surface area contributed by atoms with Gasteiger partial charge in [0.15, 0.2) is 9.84 Å². The first-order valence-electron chi connectivity index (χ1n) is 6.67. The second-order valence-electron chi connectivity index (χ2n) is 4.84. The second-order valence-corrected chi connectivity index (χ2v) is 7.40. The molecule has 0 bridgehead atoms. The van der Waals surface area contributed by atoms with Crippen LogP contribution in [0.3, 0.4) is 0 Å². The molecule has 6 heteroatoms. The highest BCUT2D eigenvalue weighted by Gasteiger charge is 2.21. The van der Waals surface area contributed by atoms with E-state index in [4.69, 9.17) is 0 Å². The van der Waals surface area contributed by atoms with Gasteiger partial charge in [-0.15, -0.1) is 0 Å². The van der Waals surface area contributed by atoms with Crippen molar-refractivity contribution in [3.05, 3.63) is 29.8 Å². The van der Waals surface area contributed by atoms with E-state index in [-0.39, 0.29) is 0 Å². The normalized spacial score (nSPS) is 11.6. The molecule has 0 heterocycles. The maximum absolute atomic E-state index is 11.8. The summed E-state index contributed by atoms with van der Waals surface area (Å²) in [5.41, 5.74) is 1.59. The quantitative estimate of drug-likeness (QED) is 0.801. The molecule has 0 fully saturated rings. The van der Waals surface area contributed by atoms with Crippen LogP contribution in [0.1, 0.15) is 26.3 Å². The lowest BCUT2D eigenvalue weighted by Crippen LogP contribution is -2.28. The van der Waals surface area contributed by atoms with Gasteiger partial charge in [0.1, 0.15) is 5.75 Å². The van der Waals surface area contributed by atoms with Crippen molar-refractivity contribution in [3.63, 3.8) is 0 Å². The Labute approximate surface area is 120 Å². The fraction of sp³-hybridized carbons (Fsp3) is 0.500. The van der Waals surface area contributed by atoms with E-state index in [0.717, 1.165) is 12.1 Å². The minimum absolute atomic E-state index is 0.486. The van der Waals surface area contributed by atoms with E-state index < -0.39 is 26.7 Å². The minimum Gasteiger partial charge on any atom is -0.325 e. The van der Waals surface area contributed by atoms with Crippen molar-refractivity contribution in [1.82, 2.24) is 5.32 Å². The van der Waals surface area contributed by atoms with E-state index >= 15 is 0 Å². The van der Waals surface area contributed by atoms with Gasteiger partial charge in [-0.05, 0) is 32.0 Å². The van der Waals surface area contributed by atoms with E-state index in [1.54, 1.807) is 19.9 Å². The van der Waals surface area contributed by atoms with Crippen molar-refractivity contribution in [2.24, 2.45) is 0 Å². The Morgan fingerprint density at radius 2 is 1.90 bits per heavy atom. The molecule has 1 rings (SSSR count). The molecule has 0 saturated carbocycles. The Balaban J connectivity index is 2.76. The number of hydrogen-bond acceptors (Lipinski definition) is 4. The van der Waals surface area contributed by atoms with Crippen LogP contribution >= 0.6 is 0 Å². The first-order chi connectivity index (χ1) is 9.36. The average Bonchev–Trinajstić information content (AvgIpc) is 2.36. The highest BCUT2D eigenvalue weighted by molar-refractivity contribution is 7.92. The van der Waals surface area contributed by atoms with Crippen molar-refractivity contribution in [2.45, 2.75) is 32.6 Å². The zero-order chi connectivity index (χ0) is 15.2. The SMILES string of the molecule is CCNCc1ccccc1NC(=O)CS(=O)(=O)C(C)C. The Kier molecular flexibility index (Phi) is 6.16. The minimum atomic E-state index is -3.37. The van der Waals surface area contributed by atoms with E-state index in [0.29, 0.717) is 12.2 Å². The van der Waals surface area contributed by atoms with Gasteiger partial charge >= 0.3 is 0 Å². The number of hydrogen-bond donors (Lipinski definition) is 2. The third-order valence-corrected chi connectivity index (χ3v) is 5.01. The largest absolute Gasteiger partial charge is 0.325 e. The number of sulfone groups is 1. The number of para-hydroxylation sites is 1. The maximum atomic E-state index is 11.8. The molecular weight excluding hydrogens is 276 g/mol. The van der Waals surface area contributed by atoms with Gasteiger partial charge in [0.25, 0.3) is 0 Å². The molecule has 0 saturated heterocycles. The van der Waals surface area contributed by atoms with Gasteiger partial charge in [-0.25, -0.2) is 8.42 Å². The molecule has 0 atom stereocenters. The fourth-order valence-corrected chi connectivity index (χ4v) is 2.36. The lowest BCUT2D eigenvalue weighted by Gasteiger charge is -2.12. The van der Waals surface area contributed by atoms with Gasteiger partial charge in [0.05, 0.1) is 5.25 Å². The topological polar surface area (TPSA) is 75.3 Å². The van der Waals surface area contributed by atoms with Gasteiger partial charge in [-0.2, -0.15) is 0 Å². The molecule has 1 amide bonds. The summed E-state index contributed by atoms with van der Waals surface area (Å²) in [6.45, 7) is 6.59. The van der Waals surface area contributed by atoms with Crippen LogP contribution in [-0.4, -0.2) is 31.9 Å². The second kappa shape index (κ2) is 7.40. The Morgan fingerprint density at radius 3 is 2.50 bits per heavy atom. The molecule has 2 N–H and O–H groups in total. The molecule has 0 unspecified atom stereocenters. The van der Waals surface area contributed by atoms with Crippen LogP contribution in [0.4, 0.5) is 5.69 Å². The van der Waals surface area contributed by atoms with Crippen LogP contribution in [0.2, 0.25) is 0 Å². The number of carbonyl (C=O) groups excluding carboxylic acids is 1. The maximum Gasteiger partial charge on any atom is 0.239 e. The highest BCUT2D eigenvalue weighted by atomic mass is 32.2. The van der Waals surface area contributed by atoms with Gasteiger partial charge in [-0.3, -0.25) is 4.79 Å². The highest BCUT2D eigenvalue weighted by Crippen LogP contribution is 2.15. The van der Waals surface area contributed by atoms with Crippen LogP contribution in [0, 0.1) is 0 Å².